The molecule has 0 saturated heterocycles. The van der Waals surface area contributed by atoms with Crippen LogP contribution in [0.5, 0.6) is 0 Å². The first-order valence-electron chi connectivity index (χ1n) is 11.1. The van der Waals surface area contributed by atoms with E-state index in [9.17, 15) is 9.59 Å². The monoisotopic (exact) mass is 472 g/mol. The van der Waals surface area contributed by atoms with E-state index in [4.69, 9.17) is 27.9 Å². The predicted molar refractivity (Wildman–Crippen MR) is 124 cm³/mol. The predicted octanol–water partition coefficient (Wildman–Crippen LogP) is 5.72. The fraction of sp³-hybridized carbons (Fsp3) is 0.480. The normalized spacial score (nSPS) is 30.2. The molecule has 1 N–H and O–H groups in total. The minimum absolute atomic E-state index is 0.0465. The summed E-state index contributed by atoms with van der Waals surface area (Å²) >= 11 is 12.2. The molecule has 0 unspecified atom stereocenters. The van der Waals surface area contributed by atoms with E-state index >= 15 is 0 Å². The average Bonchev–Trinajstić information content (AvgIpc) is 2.77. The molecule has 7 heteroatoms. The molecule has 4 aliphatic rings. The van der Waals surface area contributed by atoms with Crippen molar-refractivity contribution < 1.29 is 14.3 Å². The molecule has 4 bridgehead atoms. The number of carbonyl (C=O) groups excluding carboxylic acids is 2. The molecule has 4 aliphatic carbocycles. The summed E-state index contributed by atoms with van der Waals surface area (Å²) < 4.78 is 5.59. The molecule has 168 valence electrons. The van der Waals surface area contributed by atoms with Crippen LogP contribution in [-0.2, 0) is 19.7 Å². The van der Waals surface area contributed by atoms with Crippen molar-refractivity contribution in [3.05, 3.63) is 57.7 Å². The maximum atomic E-state index is 13.3. The molecule has 2 aromatic rings. The van der Waals surface area contributed by atoms with Gasteiger partial charge in [-0.15, -0.1) is 0 Å². The number of nitrogens with one attached hydrogen (secondary N) is 1. The second-order valence-corrected chi connectivity index (χ2v) is 10.7. The van der Waals surface area contributed by atoms with Gasteiger partial charge in [0, 0.05) is 6.20 Å². The minimum atomic E-state index is -0.493. The number of benzene rings is 1. The number of anilines is 1. The highest BCUT2D eigenvalue weighted by atomic mass is 35.5. The summed E-state index contributed by atoms with van der Waals surface area (Å²) in [6.07, 6.45) is 7.45. The van der Waals surface area contributed by atoms with E-state index in [1.807, 2.05) is 6.07 Å². The van der Waals surface area contributed by atoms with Crippen LogP contribution >= 0.6 is 23.2 Å². The fourth-order valence-corrected chi connectivity index (χ4v) is 7.12. The Morgan fingerprint density at radius 1 is 1.12 bits per heavy atom. The Morgan fingerprint density at radius 3 is 2.50 bits per heavy atom. The van der Waals surface area contributed by atoms with Gasteiger partial charge in [-0.3, -0.25) is 9.59 Å². The van der Waals surface area contributed by atoms with Crippen LogP contribution in [0.1, 0.15) is 49.7 Å². The second-order valence-electron chi connectivity index (χ2n) is 9.91. The summed E-state index contributed by atoms with van der Waals surface area (Å²) in [6, 6.07) is 10.6. The summed E-state index contributed by atoms with van der Waals surface area (Å²) in [5, 5.41) is 3.33. The summed E-state index contributed by atoms with van der Waals surface area (Å²) in [5.41, 5.74) is 1.52. The van der Waals surface area contributed by atoms with E-state index < -0.39 is 11.3 Å². The Kier molecular flexibility index (Phi) is 5.45. The average molecular weight is 473 g/mol. The summed E-state index contributed by atoms with van der Waals surface area (Å²) in [6.45, 7) is 1.39. The van der Waals surface area contributed by atoms with Crippen LogP contribution in [0.15, 0.2) is 36.5 Å². The maximum Gasteiger partial charge on any atom is 0.312 e. The van der Waals surface area contributed by atoms with Gasteiger partial charge in [-0.05, 0) is 73.8 Å². The second kappa shape index (κ2) is 8.03. The molecule has 4 fully saturated rings. The molecule has 1 aromatic carbocycles. The first-order chi connectivity index (χ1) is 15.3. The number of nitrogens with zero attached hydrogens (tertiary/aromatic N) is 1. The van der Waals surface area contributed by atoms with Crippen molar-refractivity contribution in [3.8, 4) is 0 Å². The molecular formula is C25H26Cl2N2O3. The lowest BCUT2D eigenvalue weighted by atomic mass is 9.43. The standard InChI is InChI=1S/C25H26Cl2N2O3/c1-15-19(26)12-28-22(21(15)27)29-20(30)13-32-23(31)25-10-16-7-17(11-25)9-24(8-16,14-25)18-5-3-2-4-6-18/h2-6,12,16-17H,7-11,13-14H2,1H3,(H,28,29,30)/t16-,17-,24?,25?/m1/s1. The Hall–Kier alpha value is -2.11. The van der Waals surface area contributed by atoms with E-state index in [0.29, 0.717) is 22.4 Å². The maximum absolute atomic E-state index is 13.3. The number of esters is 1. The molecular weight excluding hydrogens is 447 g/mol. The van der Waals surface area contributed by atoms with Crippen LogP contribution in [0.4, 0.5) is 5.82 Å². The Balaban J connectivity index is 1.29. The smallest absolute Gasteiger partial charge is 0.312 e. The quantitative estimate of drug-likeness (QED) is 0.565. The van der Waals surface area contributed by atoms with Crippen LogP contribution in [-0.4, -0.2) is 23.5 Å². The number of hydrogen-bond acceptors (Lipinski definition) is 4. The van der Waals surface area contributed by atoms with Gasteiger partial charge in [0.2, 0.25) is 0 Å². The van der Waals surface area contributed by atoms with Crippen molar-refractivity contribution in [2.45, 2.75) is 50.9 Å². The molecule has 0 spiro atoms. The number of halogens is 2. The zero-order valence-electron chi connectivity index (χ0n) is 18.0. The third-order valence-electron chi connectivity index (χ3n) is 7.67. The molecule has 1 aromatic heterocycles. The first-order valence-corrected chi connectivity index (χ1v) is 11.9. The van der Waals surface area contributed by atoms with E-state index in [1.165, 1.54) is 18.2 Å². The van der Waals surface area contributed by atoms with Crippen LogP contribution < -0.4 is 5.32 Å². The lowest BCUT2D eigenvalue weighted by Crippen LogP contribution is -2.57. The Morgan fingerprint density at radius 2 is 1.81 bits per heavy atom. The fourth-order valence-electron chi connectivity index (χ4n) is 6.73. The summed E-state index contributed by atoms with van der Waals surface area (Å²) in [5.74, 6) is 0.591. The minimum Gasteiger partial charge on any atom is -0.455 e. The number of amides is 1. The molecule has 4 saturated carbocycles. The van der Waals surface area contributed by atoms with Crippen LogP contribution in [0.3, 0.4) is 0 Å². The van der Waals surface area contributed by atoms with E-state index in [2.05, 4.69) is 34.6 Å². The zero-order valence-corrected chi connectivity index (χ0v) is 19.5. The number of rotatable bonds is 5. The lowest BCUT2D eigenvalue weighted by Gasteiger charge is -2.61. The summed E-state index contributed by atoms with van der Waals surface area (Å²) in [4.78, 5) is 29.9. The number of hydrogen-bond donors (Lipinski definition) is 1. The molecule has 32 heavy (non-hydrogen) atoms. The number of pyridine rings is 1. The third-order valence-corrected chi connectivity index (χ3v) is 8.52. The van der Waals surface area contributed by atoms with Gasteiger partial charge in [0.25, 0.3) is 5.91 Å². The SMILES string of the molecule is Cc1c(Cl)cnc(NC(=O)COC(=O)C23C[C@@H]4C[C@@H](C2)CC(c2ccccc2)(C4)C3)c1Cl. The van der Waals surface area contributed by atoms with Gasteiger partial charge in [0.1, 0.15) is 0 Å². The van der Waals surface area contributed by atoms with Crippen LogP contribution in [0, 0.1) is 24.2 Å². The van der Waals surface area contributed by atoms with Crippen molar-refractivity contribution in [3.63, 3.8) is 0 Å². The third kappa shape index (κ3) is 3.69. The van der Waals surface area contributed by atoms with Gasteiger partial charge in [0.05, 0.1) is 15.5 Å². The van der Waals surface area contributed by atoms with Gasteiger partial charge >= 0.3 is 5.97 Å². The molecule has 1 amide bonds. The van der Waals surface area contributed by atoms with E-state index in [1.54, 1.807) is 6.92 Å². The molecule has 2 atom stereocenters. The highest BCUT2D eigenvalue weighted by Crippen LogP contribution is 2.66. The Labute approximate surface area is 197 Å². The van der Waals surface area contributed by atoms with Gasteiger partial charge in [-0.1, -0.05) is 53.5 Å². The number of aromatic nitrogens is 1. The van der Waals surface area contributed by atoms with Crippen molar-refractivity contribution in [1.82, 2.24) is 4.98 Å². The van der Waals surface area contributed by atoms with Crippen LogP contribution in [0.2, 0.25) is 10.0 Å². The van der Waals surface area contributed by atoms with Gasteiger partial charge in [0.15, 0.2) is 12.4 Å². The lowest BCUT2D eigenvalue weighted by molar-refractivity contribution is -0.175. The van der Waals surface area contributed by atoms with Crippen LogP contribution in [0.25, 0.3) is 0 Å². The molecule has 0 aliphatic heterocycles. The van der Waals surface area contributed by atoms with Crippen molar-refractivity contribution in [2.75, 3.05) is 11.9 Å². The van der Waals surface area contributed by atoms with Gasteiger partial charge < -0.3 is 10.1 Å². The first kappa shape index (κ1) is 21.7. The van der Waals surface area contributed by atoms with Crippen molar-refractivity contribution >= 4 is 40.9 Å². The number of ether oxygens (including phenoxy) is 1. The topological polar surface area (TPSA) is 68.3 Å². The van der Waals surface area contributed by atoms with Gasteiger partial charge in [-0.2, -0.15) is 0 Å². The largest absolute Gasteiger partial charge is 0.455 e. The molecule has 5 nitrogen and oxygen atoms in total. The van der Waals surface area contributed by atoms with Crippen molar-refractivity contribution in [2.24, 2.45) is 17.3 Å². The van der Waals surface area contributed by atoms with Gasteiger partial charge in [-0.25, -0.2) is 4.98 Å². The highest BCUT2D eigenvalue weighted by molar-refractivity contribution is 6.37. The number of carbonyl (C=O) groups is 2. The highest BCUT2D eigenvalue weighted by Gasteiger charge is 2.61. The molecule has 1 heterocycles. The Bertz CT molecular complexity index is 1060. The molecule has 6 rings (SSSR count). The summed E-state index contributed by atoms with van der Waals surface area (Å²) in [7, 11) is 0. The zero-order chi connectivity index (χ0) is 22.5. The van der Waals surface area contributed by atoms with E-state index in [-0.39, 0.29) is 28.8 Å². The van der Waals surface area contributed by atoms with Crippen molar-refractivity contribution in [1.29, 1.82) is 0 Å². The molecule has 0 radical (unpaired) electrons. The van der Waals surface area contributed by atoms with E-state index in [0.717, 1.165) is 32.1 Å².